The fourth-order valence-corrected chi connectivity index (χ4v) is 2.98. The van der Waals surface area contributed by atoms with Gasteiger partial charge in [0.1, 0.15) is 0 Å². The molecule has 1 saturated carbocycles. The van der Waals surface area contributed by atoms with E-state index < -0.39 is 0 Å². The molecule has 0 radical (unpaired) electrons. The number of rotatable bonds is 2. The lowest BCUT2D eigenvalue weighted by Crippen LogP contribution is -2.37. The van der Waals surface area contributed by atoms with Crippen LogP contribution in [0.1, 0.15) is 24.4 Å². The van der Waals surface area contributed by atoms with Crippen molar-refractivity contribution in [2.75, 3.05) is 6.54 Å². The van der Waals surface area contributed by atoms with Gasteiger partial charge in [-0.1, -0.05) is 36.4 Å². The van der Waals surface area contributed by atoms with Crippen LogP contribution in [-0.4, -0.2) is 23.4 Å². The number of aliphatic imine (C=N–C) groups is 1. The molecule has 0 aromatic heterocycles. The molecule has 1 fully saturated rings. The van der Waals surface area contributed by atoms with Crippen LogP contribution in [0.5, 0.6) is 0 Å². The van der Waals surface area contributed by atoms with Crippen LogP contribution in [0.2, 0.25) is 0 Å². The van der Waals surface area contributed by atoms with Gasteiger partial charge in [-0.2, -0.15) is 0 Å². The van der Waals surface area contributed by atoms with Gasteiger partial charge in [0.25, 0.3) is 0 Å². The van der Waals surface area contributed by atoms with Crippen LogP contribution in [0.25, 0.3) is 10.8 Å². The summed E-state index contributed by atoms with van der Waals surface area (Å²) in [5.74, 6) is 0.723. The highest BCUT2D eigenvalue weighted by Gasteiger charge is 2.38. The summed E-state index contributed by atoms with van der Waals surface area (Å²) in [6.07, 6.45) is 2.50. The summed E-state index contributed by atoms with van der Waals surface area (Å²) < 4.78 is 0. The number of nitrogens with two attached hydrogens (primary N) is 1. The molecule has 2 aromatic carbocycles. The smallest absolute Gasteiger partial charge is 0.192 e. The third kappa shape index (κ3) is 1.77. The van der Waals surface area contributed by atoms with E-state index in [2.05, 4.69) is 52.4 Å². The highest BCUT2D eigenvalue weighted by molar-refractivity contribution is 5.84. The highest BCUT2D eigenvalue weighted by Crippen LogP contribution is 2.37. The van der Waals surface area contributed by atoms with Crippen molar-refractivity contribution in [1.29, 1.82) is 0 Å². The van der Waals surface area contributed by atoms with Gasteiger partial charge < -0.3 is 10.6 Å². The number of benzene rings is 2. The van der Waals surface area contributed by atoms with Gasteiger partial charge in [0.15, 0.2) is 5.96 Å². The first-order valence-corrected chi connectivity index (χ1v) is 6.90. The average Bonchev–Trinajstić information content (AvgIpc) is 3.21. The molecule has 96 valence electrons. The van der Waals surface area contributed by atoms with Gasteiger partial charge in [-0.15, -0.1) is 0 Å². The number of nitrogens with zero attached hydrogens (tertiary/aromatic N) is 2. The Morgan fingerprint density at radius 1 is 1.05 bits per heavy atom. The van der Waals surface area contributed by atoms with Crippen molar-refractivity contribution >= 4 is 16.7 Å². The van der Waals surface area contributed by atoms with Crippen LogP contribution in [-0.2, 0) is 0 Å². The van der Waals surface area contributed by atoms with Gasteiger partial charge in [0, 0.05) is 6.04 Å². The second kappa shape index (κ2) is 3.98. The maximum Gasteiger partial charge on any atom is 0.192 e. The van der Waals surface area contributed by atoms with Crippen molar-refractivity contribution in [3.8, 4) is 0 Å². The topological polar surface area (TPSA) is 41.6 Å². The number of fused-ring (bicyclic) bond motifs is 1. The zero-order valence-corrected chi connectivity index (χ0v) is 10.8. The molecule has 0 saturated heterocycles. The average molecular weight is 251 g/mol. The first kappa shape index (κ1) is 10.9. The van der Waals surface area contributed by atoms with Gasteiger partial charge >= 0.3 is 0 Å². The SMILES string of the molecule is NC1=NCC(c2ccc3ccccc3c2)N1C1CC1. The van der Waals surface area contributed by atoms with E-state index in [4.69, 9.17) is 5.73 Å². The van der Waals surface area contributed by atoms with Crippen molar-refractivity contribution in [3.63, 3.8) is 0 Å². The predicted octanol–water partition coefficient (Wildman–Crippen LogP) is 2.67. The molecule has 3 nitrogen and oxygen atoms in total. The molecule has 1 heterocycles. The van der Waals surface area contributed by atoms with Crippen molar-refractivity contribution in [2.45, 2.75) is 24.9 Å². The van der Waals surface area contributed by atoms with E-state index in [9.17, 15) is 0 Å². The zero-order valence-electron chi connectivity index (χ0n) is 10.8. The molecule has 1 atom stereocenters. The van der Waals surface area contributed by atoms with Crippen LogP contribution < -0.4 is 5.73 Å². The molecular weight excluding hydrogens is 234 g/mol. The monoisotopic (exact) mass is 251 g/mol. The van der Waals surface area contributed by atoms with E-state index in [-0.39, 0.29) is 0 Å². The van der Waals surface area contributed by atoms with E-state index in [0.717, 1.165) is 12.5 Å². The Bertz CT molecular complexity index is 658. The maximum atomic E-state index is 6.04. The molecule has 0 amide bonds. The van der Waals surface area contributed by atoms with Crippen molar-refractivity contribution < 1.29 is 0 Å². The first-order valence-electron chi connectivity index (χ1n) is 6.90. The summed E-state index contributed by atoms with van der Waals surface area (Å²) in [7, 11) is 0. The van der Waals surface area contributed by atoms with Crippen molar-refractivity contribution in [3.05, 3.63) is 48.0 Å². The third-order valence-corrected chi connectivity index (χ3v) is 4.13. The van der Waals surface area contributed by atoms with Crippen molar-refractivity contribution in [2.24, 2.45) is 10.7 Å². The van der Waals surface area contributed by atoms with Gasteiger partial charge in [-0.05, 0) is 35.2 Å². The molecule has 2 aliphatic rings. The Balaban J connectivity index is 1.74. The van der Waals surface area contributed by atoms with E-state index in [1.54, 1.807) is 0 Å². The summed E-state index contributed by atoms with van der Waals surface area (Å²) in [4.78, 5) is 6.75. The Morgan fingerprint density at radius 2 is 1.84 bits per heavy atom. The van der Waals surface area contributed by atoms with Gasteiger partial charge in [-0.3, -0.25) is 4.99 Å². The summed E-state index contributed by atoms with van der Waals surface area (Å²) in [5.41, 5.74) is 7.36. The fraction of sp³-hybridized carbons (Fsp3) is 0.312. The molecule has 0 spiro atoms. The molecule has 2 aromatic rings. The molecule has 4 rings (SSSR count). The lowest BCUT2D eigenvalue weighted by molar-refractivity contribution is 0.338. The summed E-state index contributed by atoms with van der Waals surface area (Å²) in [5, 5.41) is 2.58. The molecule has 1 aliphatic heterocycles. The molecule has 1 aliphatic carbocycles. The Labute approximate surface area is 112 Å². The van der Waals surface area contributed by atoms with Crippen molar-refractivity contribution in [1.82, 2.24) is 4.90 Å². The van der Waals surface area contributed by atoms with Crippen LogP contribution in [0.15, 0.2) is 47.5 Å². The van der Waals surface area contributed by atoms with E-state index in [1.807, 2.05) is 0 Å². The maximum absolute atomic E-state index is 6.04. The standard InChI is InChI=1S/C16H17N3/c17-16-18-10-15(19(16)14-7-8-14)13-6-5-11-3-1-2-4-12(11)9-13/h1-6,9,14-15H,7-8,10H2,(H2,17,18). The zero-order chi connectivity index (χ0) is 12.8. The lowest BCUT2D eigenvalue weighted by atomic mass is 10.0. The van der Waals surface area contributed by atoms with E-state index in [1.165, 1.54) is 29.2 Å². The van der Waals surface area contributed by atoms with Gasteiger partial charge in [0.2, 0.25) is 0 Å². The summed E-state index contributed by atoms with van der Waals surface area (Å²) in [6, 6.07) is 16.1. The summed E-state index contributed by atoms with van der Waals surface area (Å²) >= 11 is 0. The minimum Gasteiger partial charge on any atom is -0.370 e. The van der Waals surface area contributed by atoms with Crippen LogP contribution in [0.3, 0.4) is 0 Å². The second-order valence-corrected chi connectivity index (χ2v) is 5.46. The van der Waals surface area contributed by atoms with Crippen LogP contribution in [0.4, 0.5) is 0 Å². The minimum atomic E-state index is 0.331. The molecular formula is C16H17N3. The van der Waals surface area contributed by atoms with Gasteiger partial charge in [-0.25, -0.2) is 0 Å². The predicted molar refractivity (Wildman–Crippen MR) is 78.0 cm³/mol. The van der Waals surface area contributed by atoms with Gasteiger partial charge in [0.05, 0.1) is 12.6 Å². The molecule has 2 N–H and O–H groups in total. The normalized spacial score (nSPS) is 22.8. The third-order valence-electron chi connectivity index (χ3n) is 4.13. The van der Waals surface area contributed by atoms with Crippen LogP contribution in [0, 0.1) is 0 Å². The van der Waals surface area contributed by atoms with E-state index in [0.29, 0.717) is 12.1 Å². The lowest BCUT2D eigenvalue weighted by Gasteiger charge is -2.26. The Kier molecular flexibility index (Phi) is 2.28. The Hall–Kier alpha value is -2.03. The molecule has 1 unspecified atom stereocenters. The Morgan fingerprint density at radius 3 is 2.63 bits per heavy atom. The largest absolute Gasteiger partial charge is 0.370 e. The molecule has 19 heavy (non-hydrogen) atoms. The number of hydrogen-bond acceptors (Lipinski definition) is 3. The minimum absolute atomic E-state index is 0.331. The second-order valence-electron chi connectivity index (χ2n) is 5.46. The van der Waals surface area contributed by atoms with E-state index >= 15 is 0 Å². The number of guanidine groups is 1. The summed E-state index contributed by atoms with van der Waals surface area (Å²) in [6.45, 7) is 0.792. The number of hydrogen-bond donors (Lipinski definition) is 1. The van der Waals surface area contributed by atoms with Crippen LogP contribution >= 0.6 is 0 Å². The fourth-order valence-electron chi connectivity index (χ4n) is 2.98. The quantitative estimate of drug-likeness (QED) is 0.891. The molecule has 0 bridgehead atoms. The highest BCUT2D eigenvalue weighted by atomic mass is 15.4. The first-order chi connectivity index (χ1) is 9.33. The molecule has 3 heteroatoms.